The highest BCUT2D eigenvalue weighted by atomic mass is 19.1. The van der Waals surface area contributed by atoms with Crippen LogP contribution < -0.4 is 4.90 Å². The van der Waals surface area contributed by atoms with E-state index in [1.54, 1.807) is 6.07 Å². The van der Waals surface area contributed by atoms with Crippen molar-refractivity contribution in [3.05, 3.63) is 34.6 Å². The predicted octanol–water partition coefficient (Wildman–Crippen LogP) is 2.17. The molecule has 1 aromatic rings. The molecule has 2 aliphatic rings. The van der Waals surface area contributed by atoms with Crippen molar-refractivity contribution in [3.63, 3.8) is 0 Å². The Bertz CT molecular complexity index is 771. The molecular formula is C18H20FN3O3. The fourth-order valence-electron chi connectivity index (χ4n) is 3.17. The molecule has 0 aromatic heterocycles. The van der Waals surface area contributed by atoms with Crippen LogP contribution in [0.15, 0.2) is 17.7 Å². The van der Waals surface area contributed by atoms with Gasteiger partial charge in [-0.2, -0.15) is 0 Å². The molecule has 2 fully saturated rings. The first kappa shape index (κ1) is 17.1. The molecule has 3 rings (SSSR count). The average molecular weight is 345 g/mol. The molecule has 6 nitrogen and oxygen atoms in total. The predicted molar refractivity (Wildman–Crippen MR) is 91.5 cm³/mol. The standard InChI is InChI=1S/C18H20FN3O3/c1-11-8-15(22-6-4-5-7-22)14(19)10-12(11)9-13-16(23)20(2)18(25)21(3)17(13)24/h8-10H,4-7H2,1-3H3. The Labute approximate surface area is 145 Å². The first-order valence-corrected chi connectivity index (χ1v) is 8.18. The lowest BCUT2D eigenvalue weighted by Crippen LogP contribution is -2.52. The average Bonchev–Trinajstić information content (AvgIpc) is 3.12. The number of nitrogens with zero attached hydrogens (tertiary/aromatic N) is 3. The lowest BCUT2D eigenvalue weighted by atomic mass is 10.0. The smallest absolute Gasteiger partial charge is 0.333 e. The minimum atomic E-state index is -0.684. The number of hydrogen-bond donors (Lipinski definition) is 0. The summed E-state index contributed by atoms with van der Waals surface area (Å²) in [6, 6.07) is 2.40. The number of barbiturate groups is 1. The number of hydrogen-bond acceptors (Lipinski definition) is 4. The zero-order valence-corrected chi connectivity index (χ0v) is 14.5. The van der Waals surface area contributed by atoms with Crippen molar-refractivity contribution in [2.24, 2.45) is 0 Å². The van der Waals surface area contributed by atoms with Gasteiger partial charge in [0.1, 0.15) is 11.4 Å². The lowest BCUT2D eigenvalue weighted by molar-refractivity contribution is -0.134. The fraction of sp³-hybridized carbons (Fsp3) is 0.389. The zero-order valence-electron chi connectivity index (χ0n) is 14.5. The number of carbonyl (C=O) groups excluding carboxylic acids is 3. The number of aryl methyl sites for hydroxylation is 1. The molecule has 0 saturated carbocycles. The number of amides is 4. The van der Waals surface area contributed by atoms with E-state index in [-0.39, 0.29) is 11.4 Å². The molecule has 1 aromatic carbocycles. The van der Waals surface area contributed by atoms with E-state index in [1.807, 2.05) is 11.8 Å². The molecule has 0 radical (unpaired) electrons. The van der Waals surface area contributed by atoms with Gasteiger partial charge in [-0.05, 0) is 49.1 Å². The summed E-state index contributed by atoms with van der Waals surface area (Å²) in [7, 11) is 2.62. The molecule has 0 aliphatic carbocycles. The molecule has 25 heavy (non-hydrogen) atoms. The largest absolute Gasteiger partial charge is 0.369 e. The molecule has 0 spiro atoms. The molecule has 2 heterocycles. The molecule has 7 heteroatoms. The van der Waals surface area contributed by atoms with Gasteiger partial charge in [0.15, 0.2) is 0 Å². The van der Waals surface area contributed by atoms with Gasteiger partial charge >= 0.3 is 6.03 Å². The van der Waals surface area contributed by atoms with E-state index < -0.39 is 17.8 Å². The topological polar surface area (TPSA) is 60.9 Å². The van der Waals surface area contributed by atoms with E-state index in [9.17, 15) is 18.8 Å². The van der Waals surface area contributed by atoms with E-state index in [1.165, 1.54) is 26.2 Å². The normalized spacial score (nSPS) is 18.5. The maximum Gasteiger partial charge on any atom is 0.333 e. The molecular weight excluding hydrogens is 325 g/mol. The van der Waals surface area contributed by atoms with Gasteiger partial charge in [0.2, 0.25) is 0 Å². The summed E-state index contributed by atoms with van der Waals surface area (Å²) >= 11 is 0. The van der Waals surface area contributed by atoms with Gasteiger partial charge < -0.3 is 4.90 Å². The van der Waals surface area contributed by atoms with Gasteiger partial charge in [-0.25, -0.2) is 9.18 Å². The Morgan fingerprint density at radius 3 is 2.12 bits per heavy atom. The number of urea groups is 1. The molecule has 132 valence electrons. The van der Waals surface area contributed by atoms with Crippen molar-refractivity contribution in [3.8, 4) is 0 Å². The van der Waals surface area contributed by atoms with Crippen LogP contribution in [0, 0.1) is 12.7 Å². The van der Waals surface area contributed by atoms with Crippen LogP contribution in [0.25, 0.3) is 6.08 Å². The Kier molecular flexibility index (Phi) is 4.32. The highest BCUT2D eigenvalue weighted by molar-refractivity contribution is 6.30. The van der Waals surface area contributed by atoms with E-state index >= 15 is 0 Å². The molecule has 2 saturated heterocycles. The Hall–Kier alpha value is -2.70. The Morgan fingerprint density at radius 1 is 1.00 bits per heavy atom. The summed E-state index contributed by atoms with van der Waals surface area (Å²) in [5.41, 5.74) is 1.61. The molecule has 0 atom stereocenters. The number of halogens is 1. The van der Waals surface area contributed by atoms with Gasteiger partial charge in [-0.3, -0.25) is 19.4 Å². The van der Waals surface area contributed by atoms with Crippen molar-refractivity contribution in [1.82, 2.24) is 9.80 Å². The molecule has 0 N–H and O–H groups in total. The maximum atomic E-state index is 14.5. The lowest BCUT2D eigenvalue weighted by Gasteiger charge is -2.29. The first-order valence-electron chi connectivity index (χ1n) is 8.18. The minimum absolute atomic E-state index is 0.152. The Balaban J connectivity index is 2.00. The van der Waals surface area contributed by atoms with Crippen LogP contribution in [0.1, 0.15) is 24.0 Å². The fourth-order valence-corrected chi connectivity index (χ4v) is 3.17. The highest BCUT2D eigenvalue weighted by Crippen LogP contribution is 2.28. The van der Waals surface area contributed by atoms with Crippen molar-refractivity contribution < 1.29 is 18.8 Å². The summed E-state index contributed by atoms with van der Waals surface area (Å²) < 4.78 is 14.5. The van der Waals surface area contributed by atoms with Crippen LogP contribution in [0.4, 0.5) is 14.9 Å². The highest BCUT2D eigenvalue weighted by Gasteiger charge is 2.37. The van der Waals surface area contributed by atoms with Crippen molar-refractivity contribution in [2.75, 3.05) is 32.1 Å². The van der Waals surface area contributed by atoms with Crippen LogP contribution in [-0.4, -0.2) is 54.8 Å². The van der Waals surface area contributed by atoms with E-state index in [0.29, 0.717) is 11.3 Å². The monoisotopic (exact) mass is 345 g/mol. The number of likely N-dealkylation sites (N-methyl/N-ethyl adjacent to an activating group) is 2. The van der Waals surface area contributed by atoms with Crippen LogP contribution >= 0.6 is 0 Å². The molecule has 0 bridgehead atoms. The van der Waals surface area contributed by atoms with Crippen LogP contribution in [0.2, 0.25) is 0 Å². The second-order valence-corrected chi connectivity index (χ2v) is 6.42. The van der Waals surface area contributed by atoms with E-state index in [4.69, 9.17) is 0 Å². The van der Waals surface area contributed by atoms with Crippen LogP contribution in [0.3, 0.4) is 0 Å². The summed E-state index contributed by atoms with van der Waals surface area (Å²) in [5.74, 6) is -1.75. The minimum Gasteiger partial charge on any atom is -0.369 e. The summed E-state index contributed by atoms with van der Waals surface area (Å²) in [4.78, 5) is 40.0. The molecule has 2 aliphatic heterocycles. The molecule has 0 unspecified atom stereocenters. The van der Waals surface area contributed by atoms with E-state index in [2.05, 4.69) is 0 Å². The summed E-state index contributed by atoms with van der Waals surface area (Å²) in [6.07, 6.45) is 3.44. The zero-order chi connectivity index (χ0) is 18.3. The number of anilines is 1. The quantitative estimate of drug-likeness (QED) is 0.609. The van der Waals surface area contributed by atoms with Crippen molar-refractivity contribution in [2.45, 2.75) is 19.8 Å². The van der Waals surface area contributed by atoms with Gasteiger partial charge in [-0.15, -0.1) is 0 Å². The summed E-state index contributed by atoms with van der Waals surface area (Å²) in [5, 5.41) is 0. The second-order valence-electron chi connectivity index (χ2n) is 6.42. The number of imide groups is 2. The number of carbonyl (C=O) groups is 3. The van der Waals surface area contributed by atoms with E-state index in [0.717, 1.165) is 41.3 Å². The third-order valence-corrected chi connectivity index (χ3v) is 4.73. The van der Waals surface area contributed by atoms with Gasteiger partial charge in [0.05, 0.1) is 5.69 Å². The second kappa shape index (κ2) is 6.31. The number of rotatable bonds is 2. The van der Waals surface area contributed by atoms with Crippen LogP contribution in [-0.2, 0) is 9.59 Å². The van der Waals surface area contributed by atoms with Crippen LogP contribution in [0.5, 0.6) is 0 Å². The summed E-state index contributed by atoms with van der Waals surface area (Å²) in [6.45, 7) is 3.46. The maximum absolute atomic E-state index is 14.5. The van der Waals surface area contributed by atoms with Gasteiger partial charge in [0, 0.05) is 27.2 Å². The van der Waals surface area contributed by atoms with Crippen molar-refractivity contribution in [1.29, 1.82) is 0 Å². The SMILES string of the molecule is Cc1cc(N2CCCC2)c(F)cc1C=C1C(=O)N(C)C(=O)N(C)C1=O. The van der Waals surface area contributed by atoms with Gasteiger partial charge in [0.25, 0.3) is 11.8 Å². The first-order chi connectivity index (χ1) is 11.8. The van der Waals surface area contributed by atoms with Crippen molar-refractivity contribution >= 4 is 29.6 Å². The molecule has 4 amide bonds. The number of benzene rings is 1. The third-order valence-electron chi connectivity index (χ3n) is 4.73. The Morgan fingerprint density at radius 2 is 1.56 bits per heavy atom. The third kappa shape index (κ3) is 2.90. The van der Waals surface area contributed by atoms with Gasteiger partial charge in [-0.1, -0.05) is 0 Å².